The summed E-state index contributed by atoms with van der Waals surface area (Å²) in [5.74, 6) is -0.100. The zero-order valence-corrected chi connectivity index (χ0v) is 18.2. The van der Waals surface area contributed by atoms with Gasteiger partial charge in [-0.3, -0.25) is 4.55 Å². The molecule has 0 bridgehead atoms. The van der Waals surface area contributed by atoms with Gasteiger partial charge in [0.1, 0.15) is 17.0 Å². The average Bonchev–Trinajstić information content (AvgIpc) is 3.08. The molecule has 1 heterocycles. The zero-order chi connectivity index (χ0) is 24.2. The number of rotatable bonds is 7. The number of aromatic nitrogens is 2. The number of aryl methyl sites for hydroxylation is 1. The predicted molar refractivity (Wildman–Crippen MR) is 113 cm³/mol. The molecule has 33 heavy (non-hydrogen) atoms. The van der Waals surface area contributed by atoms with Crippen molar-refractivity contribution in [3.8, 4) is 17.8 Å². The Balaban J connectivity index is 2.08. The van der Waals surface area contributed by atoms with Gasteiger partial charge in [0.15, 0.2) is 11.5 Å². The van der Waals surface area contributed by atoms with Crippen LogP contribution in [0, 0.1) is 29.6 Å². The van der Waals surface area contributed by atoms with Crippen molar-refractivity contribution in [3.05, 3.63) is 53.2 Å². The number of benzene rings is 2. The maximum atomic E-state index is 11.9. The van der Waals surface area contributed by atoms with E-state index in [4.69, 9.17) is 21.5 Å². The van der Waals surface area contributed by atoms with Gasteiger partial charge in [-0.1, -0.05) is 5.04 Å². The summed E-state index contributed by atoms with van der Waals surface area (Å²) in [7, 11) is -4.67. The summed E-state index contributed by atoms with van der Waals surface area (Å²) in [5, 5.41) is 42.2. The molecule has 0 aliphatic rings. The molecule has 4 N–H and O–H groups in total. The summed E-state index contributed by atoms with van der Waals surface area (Å²) < 4.78 is 38.7. The highest BCUT2D eigenvalue weighted by molar-refractivity contribution is 7.94. The van der Waals surface area contributed by atoms with E-state index in [0.717, 1.165) is 10.7 Å². The maximum absolute atomic E-state index is 11.9. The second-order valence-electron chi connectivity index (χ2n) is 6.22. The molecule has 0 fully saturated rings. The Hall–Kier alpha value is -3.83. The van der Waals surface area contributed by atoms with E-state index in [0.29, 0.717) is 12.0 Å². The molecule has 13 nitrogen and oxygen atoms in total. The molecule has 0 aliphatic heterocycles. The van der Waals surface area contributed by atoms with Crippen molar-refractivity contribution in [2.24, 2.45) is 10.2 Å². The monoisotopic (exact) mass is 487 g/mol. The van der Waals surface area contributed by atoms with E-state index in [1.54, 1.807) is 6.92 Å². The Morgan fingerprint density at radius 3 is 2.52 bits per heavy atom. The standard InChI is InChI=1S/C18H13N7O6S2/c1-10-17(23-22-13-3-2-11(8-19)12(6-13)9-20)18(21)25(24-10)15-7-14(32-31-30-26)4-5-16(15)33(27,28)29/h2-7,26H,21H2,1H3,(H,27,28,29). The minimum absolute atomic E-state index is 0.100. The van der Waals surface area contributed by atoms with E-state index < -0.39 is 15.0 Å². The number of nitriles is 2. The average molecular weight is 487 g/mol. The predicted octanol–water partition coefficient (Wildman–Crippen LogP) is 3.60. The second-order valence-corrected chi connectivity index (χ2v) is 8.38. The fourth-order valence-electron chi connectivity index (χ4n) is 2.72. The van der Waals surface area contributed by atoms with Crippen molar-refractivity contribution in [1.29, 1.82) is 10.5 Å². The second kappa shape index (κ2) is 9.76. The van der Waals surface area contributed by atoms with E-state index >= 15 is 0 Å². The largest absolute Gasteiger partial charge is 0.382 e. The molecule has 0 atom stereocenters. The van der Waals surface area contributed by atoms with Crippen molar-refractivity contribution in [3.63, 3.8) is 0 Å². The summed E-state index contributed by atoms with van der Waals surface area (Å²) in [6, 6.07) is 11.7. The minimum Gasteiger partial charge on any atom is -0.382 e. The Kier molecular flexibility index (Phi) is 7.04. The van der Waals surface area contributed by atoms with Crippen LogP contribution in [-0.2, 0) is 19.5 Å². The summed E-state index contributed by atoms with van der Waals surface area (Å²) in [6.45, 7) is 1.55. The van der Waals surface area contributed by atoms with Crippen molar-refractivity contribution < 1.29 is 27.6 Å². The van der Waals surface area contributed by atoms with Crippen LogP contribution in [0.3, 0.4) is 0 Å². The molecule has 15 heteroatoms. The number of hydrogen-bond acceptors (Lipinski definition) is 12. The SMILES string of the molecule is Cc1nn(-c2cc(SOOO)ccc2S(=O)(=O)O)c(N)c1N=Nc1ccc(C#N)c(C#N)c1. The van der Waals surface area contributed by atoms with Crippen molar-refractivity contribution in [2.75, 3.05) is 5.73 Å². The van der Waals surface area contributed by atoms with E-state index in [9.17, 15) is 13.0 Å². The first kappa shape index (κ1) is 23.8. The van der Waals surface area contributed by atoms with Crippen LogP contribution in [-0.4, -0.2) is 28.0 Å². The smallest absolute Gasteiger partial charge is 0.296 e. The van der Waals surface area contributed by atoms with Crippen LogP contribution in [0.5, 0.6) is 0 Å². The molecule has 2 aromatic carbocycles. The molecule has 3 aromatic rings. The number of hydrogen-bond donors (Lipinski definition) is 3. The highest BCUT2D eigenvalue weighted by Gasteiger charge is 2.22. The van der Waals surface area contributed by atoms with Gasteiger partial charge < -0.3 is 5.73 Å². The van der Waals surface area contributed by atoms with Crippen LogP contribution in [0.25, 0.3) is 5.69 Å². The highest BCUT2D eigenvalue weighted by atomic mass is 32.2. The van der Waals surface area contributed by atoms with E-state index in [1.165, 1.54) is 30.3 Å². The van der Waals surface area contributed by atoms with Gasteiger partial charge in [0.05, 0.1) is 40.2 Å². The molecular formula is C18H13N7O6S2. The van der Waals surface area contributed by atoms with Crippen LogP contribution in [0.2, 0.25) is 0 Å². The summed E-state index contributed by atoms with van der Waals surface area (Å²) in [4.78, 5) is -0.219. The molecule has 0 amide bonds. The zero-order valence-electron chi connectivity index (χ0n) is 16.6. The molecule has 0 spiro atoms. The Morgan fingerprint density at radius 1 is 1.15 bits per heavy atom. The lowest BCUT2D eigenvalue weighted by atomic mass is 10.1. The quantitative estimate of drug-likeness (QED) is 0.144. The molecule has 0 saturated carbocycles. The molecular weight excluding hydrogens is 474 g/mol. The van der Waals surface area contributed by atoms with Crippen LogP contribution < -0.4 is 5.73 Å². The number of anilines is 1. The first-order valence-corrected chi connectivity index (χ1v) is 10.9. The lowest BCUT2D eigenvalue weighted by molar-refractivity contribution is -0.432. The molecule has 0 unspecified atom stereocenters. The van der Waals surface area contributed by atoms with Gasteiger partial charge >= 0.3 is 0 Å². The van der Waals surface area contributed by atoms with Crippen LogP contribution in [0.1, 0.15) is 16.8 Å². The molecule has 3 rings (SSSR count). The van der Waals surface area contributed by atoms with Gasteiger partial charge in [-0.25, -0.2) is 9.94 Å². The van der Waals surface area contributed by atoms with Gasteiger partial charge in [-0.2, -0.15) is 29.2 Å². The molecule has 0 aliphatic carbocycles. The topological polar surface area (TPSA) is 209 Å². The number of nitrogen functional groups attached to an aromatic ring is 1. The molecule has 0 radical (unpaired) electrons. The molecule has 0 saturated heterocycles. The van der Waals surface area contributed by atoms with E-state index in [1.807, 2.05) is 12.1 Å². The fourth-order valence-corrected chi connectivity index (χ4v) is 3.77. The van der Waals surface area contributed by atoms with Gasteiger partial charge in [0.25, 0.3) is 10.1 Å². The first-order chi connectivity index (χ1) is 15.7. The third-order valence-electron chi connectivity index (χ3n) is 4.17. The highest BCUT2D eigenvalue weighted by Crippen LogP contribution is 2.34. The molecule has 1 aromatic heterocycles. The molecule has 168 valence electrons. The van der Waals surface area contributed by atoms with E-state index in [-0.39, 0.29) is 44.6 Å². The Morgan fingerprint density at radius 2 is 1.88 bits per heavy atom. The lowest BCUT2D eigenvalue weighted by Crippen LogP contribution is -2.09. The maximum Gasteiger partial charge on any atom is 0.296 e. The van der Waals surface area contributed by atoms with Gasteiger partial charge in [0.2, 0.25) is 0 Å². The summed E-state index contributed by atoms with van der Waals surface area (Å²) in [6.07, 6.45) is 0. The Bertz CT molecular complexity index is 1440. The number of nitrogens with two attached hydrogens (primary N) is 1. The van der Waals surface area contributed by atoms with Gasteiger partial charge in [-0.15, -0.1) is 9.45 Å². The van der Waals surface area contributed by atoms with Crippen LogP contribution in [0.15, 0.2) is 56.4 Å². The Labute approximate surface area is 191 Å². The normalized spacial score (nSPS) is 11.4. The number of azo groups is 1. The first-order valence-electron chi connectivity index (χ1n) is 8.67. The van der Waals surface area contributed by atoms with Gasteiger partial charge in [-0.05, 0) is 43.3 Å². The van der Waals surface area contributed by atoms with Gasteiger partial charge in [0, 0.05) is 4.90 Å². The van der Waals surface area contributed by atoms with Crippen LogP contribution in [0.4, 0.5) is 17.2 Å². The third kappa shape index (κ3) is 5.16. The van der Waals surface area contributed by atoms with Crippen molar-refractivity contribution in [2.45, 2.75) is 16.7 Å². The summed E-state index contributed by atoms with van der Waals surface area (Å²) >= 11 is 0.558. The number of nitrogens with zero attached hydrogens (tertiary/aromatic N) is 6. The van der Waals surface area contributed by atoms with Crippen molar-refractivity contribution >= 4 is 39.4 Å². The summed E-state index contributed by atoms with van der Waals surface area (Å²) in [5.41, 5.74) is 6.97. The lowest BCUT2D eigenvalue weighted by Gasteiger charge is -2.10. The minimum atomic E-state index is -4.67. The third-order valence-corrected chi connectivity index (χ3v) is 5.65. The fraction of sp³-hybridized carbons (Fsp3) is 0.0556. The van der Waals surface area contributed by atoms with Crippen LogP contribution >= 0.6 is 12.0 Å². The van der Waals surface area contributed by atoms with E-state index in [2.05, 4.69) is 24.7 Å². The van der Waals surface area contributed by atoms with Crippen molar-refractivity contribution in [1.82, 2.24) is 9.78 Å².